The Morgan fingerprint density at radius 1 is 1.50 bits per heavy atom. The van der Waals surface area contributed by atoms with Crippen LogP contribution in [0.5, 0.6) is 0 Å². The molecule has 1 N–H and O–H groups in total. The van der Waals surface area contributed by atoms with Crippen molar-refractivity contribution < 1.29 is 14.7 Å². The van der Waals surface area contributed by atoms with E-state index >= 15 is 0 Å². The van der Waals surface area contributed by atoms with E-state index in [1.54, 1.807) is 4.90 Å². The van der Waals surface area contributed by atoms with Crippen molar-refractivity contribution in [3.05, 3.63) is 0 Å². The smallest absolute Gasteiger partial charge is 0.310 e. The monoisotopic (exact) mass is 199 g/mol. The van der Waals surface area contributed by atoms with Gasteiger partial charge >= 0.3 is 5.97 Å². The van der Waals surface area contributed by atoms with Crippen LogP contribution in [-0.4, -0.2) is 35.0 Å². The van der Waals surface area contributed by atoms with Crippen LogP contribution in [0.4, 0.5) is 0 Å². The summed E-state index contributed by atoms with van der Waals surface area (Å²) >= 11 is 0. The van der Waals surface area contributed by atoms with E-state index < -0.39 is 5.97 Å². The zero-order valence-corrected chi connectivity index (χ0v) is 8.69. The number of amides is 1. The first-order valence-corrected chi connectivity index (χ1v) is 5.05. The fourth-order valence-corrected chi connectivity index (χ4v) is 1.41. The van der Waals surface area contributed by atoms with Gasteiger partial charge in [0.2, 0.25) is 5.91 Å². The Kier molecular flexibility index (Phi) is 3.49. The average molecular weight is 199 g/mol. The zero-order valence-electron chi connectivity index (χ0n) is 8.69. The molecule has 1 aliphatic heterocycles. The molecular formula is C10H17NO3. The molecule has 14 heavy (non-hydrogen) atoms. The van der Waals surface area contributed by atoms with E-state index in [0.29, 0.717) is 25.4 Å². The van der Waals surface area contributed by atoms with Crippen LogP contribution in [0, 0.1) is 11.8 Å². The highest BCUT2D eigenvalue weighted by molar-refractivity contribution is 5.81. The highest BCUT2D eigenvalue weighted by atomic mass is 16.4. The second-order valence-corrected chi connectivity index (χ2v) is 4.05. The maximum Gasteiger partial charge on any atom is 0.310 e. The van der Waals surface area contributed by atoms with Crippen molar-refractivity contribution >= 4 is 11.9 Å². The number of carboxylic acids is 1. The number of carbonyl (C=O) groups is 2. The topological polar surface area (TPSA) is 57.6 Å². The highest BCUT2D eigenvalue weighted by Crippen LogP contribution is 2.19. The maximum absolute atomic E-state index is 11.5. The predicted molar refractivity (Wildman–Crippen MR) is 51.8 cm³/mol. The van der Waals surface area contributed by atoms with Gasteiger partial charge in [-0.15, -0.1) is 0 Å². The molecule has 4 nitrogen and oxygen atoms in total. The Labute approximate surface area is 83.9 Å². The Balaban J connectivity index is 2.26. The number of aliphatic carboxylic acids is 1. The third kappa shape index (κ3) is 2.47. The SMILES string of the molecule is CCC(C)CC(=O)N1CC(C(=O)O)C1. The van der Waals surface area contributed by atoms with Gasteiger partial charge in [0.1, 0.15) is 0 Å². The Hall–Kier alpha value is -1.06. The summed E-state index contributed by atoms with van der Waals surface area (Å²) in [6.07, 6.45) is 1.53. The van der Waals surface area contributed by atoms with Crippen LogP contribution in [0.2, 0.25) is 0 Å². The molecule has 0 saturated carbocycles. The molecule has 1 atom stereocenters. The van der Waals surface area contributed by atoms with E-state index in [-0.39, 0.29) is 11.8 Å². The minimum atomic E-state index is -0.794. The minimum Gasteiger partial charge on any atom is -0.481 e. The highest BCUT2D eigenvalue weighted by Gasteiger charge is 2.35. The summed E-state index contributed by atoms with van der Waals surface area (Å²) < 4.78 is 0. The van der Waals surface area contributed by atoms with E-state index in [1.165, 1.54) is 0 Å². The molecule has 0 aromatic rings. The van der Waals surface area contributed by atoms with Gasteiger partial charge in [0.15, 0.2) is 0 Å². The lowest BCUT2D eigenvalue weighted by molar-refractivity contribution is -0.153. The van der Waals surface area contributed by atoms with Gasteiger partial charge in [-0.1, -0.05) is 20.3 Å². The van der Waals surface area contributed by atoms with Crippen molar-refractivity contribution in [1.29, 1.82) is 0 Å². The molecule has 1 saturated heterocycles. The molecule has 1 aliphatic rings. The quantitative estimate of drug-likeness (QED) is 0.733. The molecule has 80 valence electrons. The summed E-state index contributed by atoms with van der Waals surface area (Å²) in [6.45, 7) is 4.87. The molecule has 0 aliphatic carbocycles. The van der Waals surface area contributed by atoms with Gasteiger partial charge in [-0.2, -0.15) is 0 Å². The van der Waals surface area contributed by atoms with Crippen molar-refractivity contribution in [1.82, 2.24) is 4.90 Å². The van der Waals surface area contributed by atoms with Crippen molar-refractivity contribution in [3.8, 4) is 0 Å². The van der Waals surface area contributed by atoms with E-state index in [2.05, 4.69) is 0 Å². The zero-order chi connectivity index (χ0) is 10.7. The molecule has 0 aromatic heterocycles. The van der Waals surface area contributed by atoms with E-state index in [0.717, 1.165) is 6.42 Å². The van der Waals surface area contributed by atoms with E-state index in [9.17, 15) is 9.59 Å². The van der Waals surface area contributed by atoms with Gasteiger partial charge in [0, 0.05) is 19.5 Å². The average Bonchev–Trinajstić information content (AvgIpc) is 2.00. The summed E-state index contributed by atoms with van der Waals surface area (Å²) in [5, 5.41) is 8.62. The van der Waals surface area contributed by atoms with Crippen LogP contribution in [0.3, 0.4) is 0 Å². The summed E-state index contributed by atoms with van der Waals surface area (Å²) in [6, 6.07) is 0. The number of carbonyl (C=O) groups excluding carboxylic acids is 1. The van der Waals surface area contributed by atoms with Gasteiger partial charge < -0.3 is 10.0 Å². The fourth-order valence-electron chi connectivity index (χ4n) is 1.41. The number of likely N-dealkylation sites (tertiary alicyclic amines) is 1. The fraction of sp³-hybridized carbons (Fsp3) is 0.800. The molecule has 1 fully saturated rings. The third-order valence-electron chi connectivity index (χ3n) is 2.80. The van der Waals surface area contributed by atoms with Gasteiger partial charge in [0.05, 0.1) is 5.92 Å². The standard InChI is InChI=1S/C10H17NO3/c1-3-7(2)4-9(12)11-5-8(6-11)10(13)14/h7-8H,3-6H2,1-2H3,(H,13,14). The number of rotatable bonds is 4. The van der Waals surface area contributed by atoms with E-state index in [4.69, 9.17) is 5.11 Å². The van der Waals surface area contributed by atoms with E-state index in [1.807, 2.05) is 13.8 Å². The first-order chi connectivity index (χ1) is 6.54. The van der Waals surface area contributed by atoms with Crippen LogP contribution in [0.25, 0.3) is 0 Å². The van der Waals surface area contributed by atoms with Crippen LogP contribution in [0.15, 0.2) is 0 Å². The van der Waals surface area contributed by atoms with Crippen LogP contribution in [-0.2, 0) is 9.59 Å². The number of nitrogens with zero attached hydrogens (tertiary/aromatic N) is 1. The van der Waals surface area contributed by atoms with Crippen LogP contribution >= 0.6 is 0 Å². The lowest BCUT2D eigenvalue weighted by atomic mass is 9.97. The molecule has 4 heteroatoms. The Bertz CT molecular complexity index is 234. The first kappa shape index (κ1) is 11.0. The minimum absolute atomic E-state index is 0.0943. The Morgan fingerprint density at radius 3 is 2.50 bits per heavy atom. The maximum atomic E-state index is 11.5. The molecule has 1 unspecified atom stereocenters. The molecular weight excluding hydrogens is 182 g/mol. The van der Waals surface area contributed by atoms with Crippen molar-refractivity contribution in [3.63, 3.8) is 0 Å². The van der Waals surface area contributed by atoms with Crippen molar-refractivity contribution in [2.24, 2.45) is 11.8 Å². The molecule has 0 radical (unpaired) electrons. The molecule has 0 bridgehead atoms. The second-order valence-electron chi connectivity index (χ2n) is 4.05. The third-order valence-corrected chi connectivity index (χ3v) is 2.80. The van der Waals surface area contributed by atoms with Gasteiger partial charge in [-0.05, 0) is 5.92 Å². The molecule has 0 aromatic carbocycles. The summed E-state index contributed by atoms with van der Waals surface area (Å²) in [5.74, 6) is -0.642. The van der Waals surface area contributed by atoms with Crippen LogP contribution in [0.1, 0.15) is 26.7 Å². The molecule has 0 spiro atoms. The van der Waals surface area contributed by atoms with Gasteiger partial charge in [0.25, 0.3) is 0 Å². The summed E-state index contributed by atoms with van der Waals surface area (Å²) in [7, 11) is 0. The number of carboxylic acid groups (broad SMARTS) is 1. The lowest BCUT2D eigenvalue weighted by Crippen LogP contribution is -2.53. The molecule has 1 rings (SSSR count). The van der Waals surface area contributed by atoms with Gasteiger partial charge in [-0.3, -0.25) is 9.59 Å². The largest absolute Gasteiger partial charge is 0.481 e. The lowest BCUT2D eigenvalue weighted by Gasteiger charge is -2.37. The van der Waals surface area contributed by atoms with Crippen molar-refractivity contribution in [2.45, 2.75) is 26.7 Å². The molecule has 1 amide bonds. The first-order valence-electron chi connectivity index (χ1n) is 5.05. The predicted octanol–water partition coefficient (Wildman–Crippen LogP) is 0.966. The number of hydrogen-bond donors (Lipinski definition) is 1. The second kappa shape index (κ2) is 4.44. The van der Waals surface area contributed by atoms with Crippen LogP contribution < -0.4 is 0 Å². The summed E-state index contributed by atoms with van der Waals surface area (Å²) in [5.41, 5.74) is 0. The summed E-state index contributed by atoms with van der Waals surface area (Å²) in [4.78, 5) is 23.6. The normalized spacial score (nSPS) is 18.9. The number of hydrogen-bond acceptors (Lipinski definition) is 2. The Morgan fingerprint density at radius 2 is 2.07 bits per heavy atom. The van der Waals surface area contributed by atoms with Crippen molar-refractivity contribution in [2.75, 3.05) is 13.1 Å². The van der Waals surface area contributed by atoms with Gasteiger partial charge in [-0.25, -0.2) is 0 Å². The molecule has 1 heterocycles.